The van der Waals surface area contributed by atoms with Crippen molar-refractivity contribution in [2.24, 2.45) is 5.73 Å². The van der Waals surface area contributed by atoms with Crippen molar-refractivity contribution in [3.8, 4) is 0 Å². The molecule has 0 saturated heterocycles. The second kappa shape index (κ2) is 6.48. The number of hydrogen-bond donors (Lipinski definition) is 1. The molecule has 0 saturated carbocycles. The lowest BCUT2D eigenvalue weighted by Crippen LogP contribution is -2.21. The molecule has 0 atom stereocenters. The smallest absolute Gasteiger partial charge is 0.0410 e. The summed E-state index contributed by atoms with van der Waals surface area (Å²) in [5.74, 6) is 0. The van der Waals surface area contributed by atoms with Gasteiger partial charge in [-0.3, -0.25) is 0 Å². The van der Waals surface area contributed by atoms with Crippen LogP contribution in [0.15, 0.2) is 22.7 Å². The third-order valence-corrected chi connectivity index (χ3v) is 3.20. The minimum atomic E-state index is 0.737. The molecule has 2 N–H and O–H groups in total. The zero-order valence-electron chi connectivity index (χ0n) is 8.84. The Morgan fingerprint density at radius 2 is 2.20 bits per heavy atom. The van der Waals surface area contributed by atoms with Crippen LogP contribution in [0.1, 0.15) is 12.0 Å². The lowest BCUT2D eigenvalue weighted by Gasteiger charge is -2.17. The third-order valence-electron chi connectivity index (χ3n) is 2.19. The largest absolute Gasteiger partial charge is 0.330 e. The molecule has 0 aliphatic rings. The topological polar surface area (TPSA) is 29.3 Å². The standard InChI is InChI=1S/C11H16BrClN2/c1-15(6-2-5-14)8-9-7-10(13)3-4-11(9)12/h3-4,7H,2,5-6,8,14H2,1H3. The fourth-order valence-electron chi connectivity index (χ4n) is 1.40. The van der Waals surface area contributed by atoms with E-state index in [1.54, 1.807) is 0 Å². The monoisotopic (exact) mass is 290 g/mol. The Kier molecular flexibility index (Phi) is 5.61. The second-order valence-corrected chi connectivity index (χ2v) is 4.91. The van der Waals surface area contributed by atoms with Gasteiger partial charge in [-0.2, -0.15) is 0 Å². The van der Waals surface area contributed by atoms with Gasteiger partial charge in [0, 0.05) is 16.0 Å². The quantitative estimate of drug-likeness (QED) is 0.904. The molecule has 0 aliphatic heterocycles. The molecule has 0 aliphatic carbocycles. The third kappa shape index (κ3) is 4.51. The molecule has 0 bridgehead atoms. The summed E-state index contributed by atoms with van der Waals surface area (Å²) in [6.45, 7) is 2.64. The SMILES string of the molecule is CN(CCCN)Cc1cc(Cl)ccc1Br. The Hall–Kier alpha value is -0.0900. The lowest BCUT2D eigenvalue weighted by molar-refractivity contribution is 0.323. The average molecular weight is 292 g/mol. The Bertz CT molecular complexity index is 317. The number of hydrogen-bond acceptors (Lipinski definition) is 2. The van der Waals surface area contributed by atoms with E-state index in [1.165, 1.54) is 5.56 Å². The summed E-state index contributed by atoms with van der Waals surface area (Å²) >= 11 is 9.46. The van der Waals surface area contributed by atoms with Crippen molar-refractivity contribution < 1.29 is 0 Å². The summed E-state index contributed by atoms with van der Waals surface area (Å²) in [5.41, 5.74) is 6.68. The summed E-state index contributed by atoms with van der Waals surface area (Å²) in [4.78, 5) is 2.24. The van der Waals surface area contributed by atoms with E-state index in [2.05, 4.69) is 27.9 Å². The Balaban J connectivity index is 2.59. The first-order chi connectivity index (χ1) is 7.13. The van der Waals surface area contributed by atoms with Crippen LogP contribution in [0.2, 0.25) is 5.02 Å². The van der Waals surface area contributed by atoms with E-state index in [0.29, 0.717) is 0 Å². The molecule has 0 radical (unpaired) electrons. The van der Waals surface area contributed by atoms with Crippen LogP contribution in [-0.4, -0.2) is 25.0 Å². The second-order valence-electron chi connectivity index (χ2n) is 3.62. The molecule has 0 unspecified atom stereocenters. The first-order valence-corrected chi connectivity index (χ1v) is 6.13. The number of rotatable bonds is 5. The van der Waals surface area contributed by atoms with E-state index in [4.69, 9.17) is 17.3 Å². The van der Waals surface area contributed by atoms with Crippen LogP contribution >= 0.6 is 27.5 Å². The molecule has 15 heavy (non-hydrogen) atoms. The van der Waals surface area contributed by atoms with Gasteiger partial charge in [-0.1, -0.05) is 27.5 Å². The summed E-state index contributed by atoms with van der Waals surface area (Å²) < 4.78 is 1.10. The zero-order valence-corrected chi connectivity index (χ0v) is 11.2. The minimum Gasteiger partial charge on any atom is -0.330 e. The predicted octanol–water partition coefficient (Wildman–Crippen LogP) is 2.88. The summed E-state index contributed by atoms with van der Waals surface area (Å²) in [7, 11) is 2.09. The van der Waals surface area contributed by atoms with Gasteiger partial charge in [0.25, 0.3) is 0 Å². The average Bonchev–Trinajstić information content (AvgIpc) is 2.20. The highest BCUT2D eigenvalue weighted by Gasteiger charge is 2.04. The van der Waals surface area contributed by atoms with Gasteiger partial charge < -0.3 is 10.6 Å². The van der Waals surface area contributed by atoms with Crippen molar-refractivity contribution in [2.45, 2.75) is 13.0 Å². The predicted molar refractivity (Wildman–Crippen MR) is 69.2 cm³/mol. The molecule has 0 amide bonds. The minimum absolute atomic E-state index is 0.737. The van der Waals surface area contributed by atoms with Crippen molar-refractivity contribution in [3.05, 3.63) is 33.3 Å². The van der Waals surface area contributed by atoms with Crippen molar-refractivity contribution in [1.82, 2.24) is 4.90 Å². The molecule has 1 aromatic rings. The highest BCUT2D eigenvalue weighted by molar-refractivity contribution is 9.10. The molecule has 0 aromatic heterocycles. The molecule has 0 spiro atoms. The van der Waals surface area contributed by atoms with Crippen LogP contribution < -0.4 is 5.73 Å². The van der Waals surface area contributed by atoms with Crippen molar-refractivity contribution >= 4 is 27.5 Å². The van der Waals surface area contributed by atoms with Crippen LogP contribution in [0.4, 0.5) is 0 Å². The van der Waals surface area contributed by atoms with Gasteiger partial charge in [-0.25, -0.2) is 0 Å². The number of halogens is 2. The van der Waals surface area contributed by atoms with Gasteiger partial charge in [0.15, 0.2) is 0 Å². The highest BCUT2D eigenvalue weighted by atomic mass is 79.9. The maximum Gasteiger partial charge on any atom is 0.0410 e. The van der Waals surface area contributed by atoms with Gasteiger partial charge in [0.2, 0.25) is 0 Å². The molecular formula is C11H16BrClN2. The fraction of sp³-hybridized carbons (Fsp3) is 0.455. The molecule has 0 fully saturated rings. The first-order valence-electron chi connectivity index (χ1n) is 4.96. The van der Waals surface area contributed by atoms with Gasteiger partial charge >= 0.3 is 0 Å². The Labute approximate surface area is 105 Å². The van der Waals surface area contributed by atoms with Crippen molar-refractivity contribution in [2.75, 3.05) is 20.1 Å². The summed E-state index contributed by atoms with van der Waals surface area (Å²) in [6.07, 6.45) is 1.02. The van der Waals surface area contributed by atoms with Gasteiger partial charge in [-0.05, 0) is 50.3 Å². The van der Waals surface area contributed by atoms with Crippen LogP contribution in [0.25, 0.3) is 0 Å². The van der Waals surface area contributed by atoms with Crippen molar-refractivity contribution in [1.29, 1.82) is 0 Å². The normalized spacial score (nSPS) is 11.0. The van der Waals surface area contributed by atoms with E-state index in [1.807, 2.05) is 18.2 Å². The molecule has 0 heterocycles. The first kappa shape index (κ1) is 13.0. The molecule has 2 nitrogen and oxygen atoms in total. The maximum absolute atomic E-state index is 5.95. The number of nitrogens with zero attached hydrogens (tertiary/aromatic N) is 1. The number of benzene rings is 1. The molecule has 1 rings (SSSR count). The lowest BCUT2D eigenvalue weighted by atomic mass is 10.2. The van der Waals surface area contributed by atoms with E-state index >= 15 is 0 Å². The van der Waals surface area contributed by atoms with E-state index in [9.17, 15) is 0 Å². The molecule has 4 heteroatoms. The van der Waals surface area contributed by atoms with Gasteiger partial charge in [0.05, 0.1) is 0 Å². The number of nitrogens with two attached hydrogens (primary N) is 1. The summed E-state index contributed by atoms with van der Waals surface area (Å²) in [5, 5.41) is 0.778. The van der Waals surface area contributed by atoms with E-state index in [0.717, 1.165) is 35.6 Å². The van der Waals surface area contributed by atoms with Crippen LogP contribution in [0.3, 0.4) is 0 Å². The molecule has 1 aromatic carbocycles. The van der Waals surface area contributed by atoms with Crippen LogP contribution in [0.5, 0.6) is 0 Å². The Morgan fingerprint density at radius 3 is 2.87 bits per heavy atom. The highest BCUT2D eigenvalue weighted by Crippen LogP contribution is 2.22. The van der Waals surface area contributed by atoms with Gasteiger partial charge in [0.1, 0.15) is 0 Å². The Morgan fingerprint density at radius 1 is 1.47 bits per heavy atom. The van der Waals surface area contributed by atoms with Crippen LogP contribution in [-0.2, 0) is 6.54 Å². The molecule has 84 valence electrons. The van der Waals surface area contributed by atoms with E-state index < -0.39 is 0 Å². The van der Waals surface area contributed by atoms with E-state index in [-0.39, 0.29) is 0 Å². The van der Waals surface area contributed by atoms with Gasteiger partial charge in [-0.15, -0.1) is 0 Å². The fourth-order valence-corrected chi connectivity index (χ4v) is 1.96. The zero-order chi connectivity index (χ0) is 11.3. The maximum atomic E-state index is 5.95. The van der Waals surface area contributed by atoms with Crippen LogP contribution in [0, 0.1) is 0 Å². The van der Waals surface area contributed by atoms with Crippen molar-refractivity contribution in [3.63, 3.8) is 0 Å². The summed E-state index contributed by atoms with van der Waals surface area (Å²) in [6, 6.07) is 5.86. The molecular weight excluding hydrogens is 275 g/mol.